The summed E-state index contributed by atoms with van der Waals surface area (Å²) in [6, 6.07) is 2.14. The maximum Gasteiger partial charge on any atom is 0.223 e. The van der Waals surface area contributed by atoms with Gasteiger partial charge in [0.2, 0.25) is 5.95 Å². The van der Waals surface area contributed by atoms with Crippen LogP contribution in [0, 0.1) is 5.41 Å². The molecule has 2 saturated heterocycles. The van der Waals surface area contributed by atoms with E-state index in [9.17, 15) is 0 Å². The van der Waals surface area contributed by atoms with Crippen LogP contribution < -0.4 is 15.5 Å². The topological polar surface area (TPSA) is 67.5 Å². The molecule has 1 saturated carbocycles. The number of aromatic nitrogens is 2. The van der Waals surface area contributed by atoms with E-state index >= 15 is 0 Å². The van der Waals surface area contributed by atoms with Crippen molar-refractivity contribution in [3.63, 3.8) is 0 Å². The molecule has 1 spiro atoms. The summed E-state index contributed by atoms with van der Waals surface area (Å²) in [5.74, 6) is 2.37. The number of rotatable bonds is 3. The lowest BCUT2D eigenvalue weighted by molar-refractivity contribution is 0.00216. The second-order valence-electron chi connectivity index (χ2n) is 7.64. The first kappa shape index (κ1) is 15.9. The molecule has 2 atom stereocenters. The van der Waals surface area contributed by atoms with Gasteiger partial charge in [-0.2, -0.15) is 9.97 Å². The number of anilines is 3. The van der Waals surface area contributed by atoms with Crippen LogP contribution in [-0.2, 0) is 4.74 Å². The van der Waals surface area contributed by atoms with E-state index in [1.165, 1.54) is 44.9 Å². The lowest BCUT2D eigenvalue weighted by Crippen LogP contribution is -2.48. The SMILES string of the molecule is CO[C@@H]1CCC[C@]12CCCN(c1cc(N3CCCC3)nc(N)n1)C2. The van der Waals surface area contributed by atoms with Crippen molar-refractivity contribution >= 4 is 17.6 Å². The normalized spacial score (nSPS) is 30.5. The zero-order chi connectivity index (χ0) is 16.6. The van der Waals surface area contributed by atoms with E-state index in [0.717, 1.165) is 37.8 Å². The van der Waals surface area contributed by atoms with Crippen LogP contribution in [0.5, 0.6) is 0 Å². The molecule has 1 aliphatic carbocycles. The summed E-state index contributed by atoms with van der Waals surface area (Å²) in [4.78, 5) is 13.8. The predicted molar refractivity (Wildman–Crippen MR) is 96.4 cm³/mol. The molecular weight excluding hydrogens is 302 g/mol. The zero-order valence-electron chi connectivity index (χ0n) is 14.7. The van der Waals surface area contributed by atoms with Crippen LogP contribution in [0.4, 0.5) is 17.6 Å². The Labute approximate surface area is 144 Å². The van der Waals surface area contributed by atoms with Crippen LogP contribution in [-0.4, -0.2) is 49.4 Å². The average molecular weight is 331 g/mol. The molecule has 0 unspecified atom stereocenters. The van der Waals surface area contributed by atoms with E-state index in [2.05, 4.69) is 25.8 Å². The van der Waals surface area contributed by atoms with Crippen molar-refractivity contribution in [1.82, 2.24) is 9.97 Å². The van der Waals surface area contributed by atoms with E-state index in [1.807, 2.05) is 7.11 Å². The minimum Gasteiger partial charge on any atom is -0.381 e. The molecular formula is C18H29N5O. The molecule has 2 aliphatic heterocycles. The summed E-state index contributed by atoms with van der Waals surface area (Å²) in [6.07, 6.45) is 9.05. The zero-order valence-corrected chi connectivity index (χ0v) is 14.7. The highest BCUT2D eigenvalue weighted by molar-refractivity contribution is 5.54. The van der Waals surface area contributed by atoms with Gasteiger partial charge in [-0.25, -0.2) is 0 Å². The summed E-state index contributed by atoms with van der Waals surface area (Å²) in [5, 5.41) is 0. The first-order valence-electron chi connectivity index (χ1n) is 9.37. The maximum atomic E-state index is 6.03. The molecule has 6 nitrogen and oxygen atoms in total. The van der Waals surface area contributed by atoms with Crippen LogP contribution in [0.25, 0.3) is 0 Å². The predicted octanol–water partition coefficient (Wildman–Crippen LogP) is 2.44. The quantitative estimate of drug-likeness (QED) is 0.917. The summed E-state index contributed by atoms with van der Waals surface area (Å²) >= 11 is 0. The molecule has 1 aromatic rings. The molecule has 0 amide bonds. The number of methoxy groups -OCH3 is 1. The molecule has 6 heteroatoms. The number of piperidine rings is 1. The summed E-state index contributed by atoms with van der Waals surface area (Å²) in [5.41, 5.74) is 6.32. The minimum absolute atomic E-state index is 0.292. The lowest BCUT2D eigenvalue weighted by Gasteiger charge is -2.44. The fourth-order valence-corrected chi connectivity index (χ4v) is 5.01. The van der Waals surface area contributed by atoms with E-state index in [1.54, 1.807) is 0 Å². The summed E-state index contributed by atoms with van der Waals surface area (Å²) in [7, 11) is 1.87. The Hall–Kier alpha value is -1.56. The molecule has 24 heavy (non-hydrogen) atoms. The van der Waals surface area contributed by atoms with Crippen LogP contribution in [0.15, 0.2) is 6.07 Å². The molecule has 2 N–H and O–H groups in total. The Morgan fingerprint density at radius 1 is 1.04 bits per heavy atom. The highest BCUT2D eigenvalue weighted by Gasteiger charge is 2.46. The molecule has 0 bridgehead atoms. The largest absolute Gasteiger partial charge is 0.381 e. The van der Waals surface area contributed by atoms with Gasteiger partial charge in [0.25, 0.3) is 0 Å². The third-order valence-electron chi connectivity index (χ3n) is 6.19. The van der Waals surface area contributed by atoms with E-state index < -0.39 is 0 Å². The second kappa shape index (κ2) is 6.39. The van der Waals surface area contributed by atoms with Crippen LogP contribution in [0.3, 0.4) is 0 Å². The Bertz CT molecular complexity index is 589. The van der Waals surface area contributed by atoms with Gasteiger partial charge in [0, 0.05) is 44.8 Å². The number of nitrogens with two attached hydrogens (primary N) is 1. The van der Waals surface area contributed by atoms with Gasteiger partial charge in [0.1, 0.15) is 11.6 Å². The van der Waals surface area contributed by atoms with E-state index in [0.29, 0.717) is 17.5 Å². The third-order valence-corrected chi connectivity index (χ3v) is 6.19. The lowest BCUT2D eigenvalue weighted by atomic mass is 9.76. The number of nitrogen functional groups attached to an aromatic ring is 1. The average Bonchev–Trinajstić information content (AvgIpc) is 3.24. The first-order chi connectivity index (χ1) is 11.7. The van der Waals surface area contributed by atoms with Crippen molar-refractivity contribution in [2.24, 2.45) is 5.41 Å². The van der Waals surface area contributed by atoms with E-state index in [4.69, 9.17) is 10.5 Å². The number of hydrogen-bond donors (Lipinski definition) is 1. The molecule has 132 valence electrons. The van der Waals surface area contributed by atoms with Gasteiger partial charge in [-0.3, -0.25) is 0 Å². The van der Waals surface area contributed by atoms with Crippen LogP contribution >= 0.6 is 0 Å². The summed E-state index contributed by atoms with van der Waals surface area (Å²) in [6.45, 7) is 4.23. The van der Waals surface area contributed by atoms with Crippen molar-refractivity contribution < 1.29 is 4.74 Å². The number of nitrogens with zero attached hydrogens (tertiary/aromatic N) is 4. The fourth-order valence-electron chi connectivity index (χ4n) is 5.01. The minimum atomic E-state index is 0.292. The van der Waals surface area contributed by atoms with Gasteiger partial charge in [0.15, 0.2) is 0 Å². The van der Waals surface area contributed by atoms with E-state index in [-0.39, 0.29) is 0 Å². The van der Waals surface area contributed by atoms with Crippen LogP contribution in [0.2, 0.25) is 0 Å². The molecule has 3 aliphatic rings. The smallest absolute Gasteiger partial charge is 0.223 e. The molecule has 0 radical (unpaired) electrons. The Morgan fingerprint density at radius 2 is 1.71 bits per heavy atom. The molecule has 3 heterocycles. The van der Waals surface area contributed by atoms with Crippen molar-refractivity contribution in [2.75, 3.05) is 48.8 Å². The molecule has 0 aromatic carbocycles. The van der Waals surface area contributed by atoms with Gasteiger partial charge >= 0.3 is 0 Å². The van der Waals surface area contributed by atoms with Crippen molar-refractivity contribution in [1.29, 1.82) is 0 Å². The van der Waals surface area contributed by atoms with Crippen molar-refractivity contribution in [2.45, 2.75) is 51.0 Å². The molecule has 4 rings (SSSR count). The van der Waals surface area contributed by atoms with Gasteiger partial charge in [-0.1, -0.05) is 6.42 Å². The fraction of sp³-hybridized carbons (Fsp3) is 0.778. The van der Waals surface area contributed by atoms with Crippen molar-refractivity contribution in [3.05, 3.63) is 6.07 Å². The Morgan fingerprint density at radius 3 is 2.46 bits per heavy atom. The van der Waals surface area contributed by atoms with Gasteiger partial charge < -0.3 is 20.3 Å². The van der Waals surface area contributed by atoms with Gasteiger partial charge in [-0.05, 0) is 38.5 Å². The standard InChI is InChI=1S/C18H29N5O/c1-24-14-6-4-7-18(14)8-5-11-23(13-18)16-12-15(20-17(19)21-16)22-9-2-3-10-22/h12,14H,2-11,13H2,1H3,(H2,19,20,21)/t14-,18-/m1/s1. The maximum absolute atomic E-state index is 6.03. The number of hydrogen-bond acceptors (Lipinski definition) is 6. The summed E-state index contributed by atoms with van der Waals surface area (Å²) < 4.78 is 5.83. The van der Waals surface area contributed by atoms with Crippen molar-refractivity contribution in [3.8, 4) is 0 Å². The molecule has 3 fully saturated rings. The van der Waals surface area contributed by atoms with Crippen LogP contribution in [0.1, 0.15) is 44.9 Å². The monoisotopic (exact) mass is 331 g/mol. The molecule has 1 aromatic heterocycles. The van der Waals surface area contributed by atoms with Gasteiger partial charge in [-0.15, -0.1) is 0 Å². The second-order valence-corrected chi connectivity index (χ2v) is 7.64. The highest BCUT2D eigenvalue weighted by atomic mass is 16.5. The Balaban J connectivity index is 1.58. The Kier molecular flexibility index (Phi) is 4.24. The highest BCUT2D eigenvalue weighted by Crippen LogP contribution is 2.47. The first-order valence-corrected chi connectivity index (χ1v) is 9.37. The number of ether oxygens (including phenoxy) is 1. The van der Waals surface area contributed by atoms with Gasteiger partial charge in [0.05, 0.1) is 6.10 Å². The third kappa shape index (κ3) is 2.81.